The number of likely N-dealkylation sites (N-methyl/N-ethyl adjacent to an activating group) is 1. The maximum absolute atomic E-state index is 6.06. The average molecular weight is 430 g/mol. The van der Waals surface area contributed by atoms with E-state index in [4.69, 9.17) is 9.47 Å². The summed E-state index contributed by atoms with van der Waals surface area (Å²) in [5.41, 5.74) is 3.67. The molecular formula is C25H27N5O2. The van der Waals surface area contributed by atoms with Gasteiger partial charge in [0.25, 0.3) is 0 Å². The zero-order valence-corrected chi connectivity index (χ0v) is 18.7. The lowest BCUT2D eigenvalue weighted by atomic mass is 10.1. The molecule has 0 aliphatic heterocycles. The fraction of sp³-hybridized carbons (Fsp3) is 0.240. The molecule has 0 saturated heterocycles. The normalized spacial score (nSPS) is 11.9. The highest BCUT2D eigenvalue weighted by molar-refractivity contribution is 5.95. The topological polar surface area (TPSA) is 81.2 Å². The van der Waals surface area contributed by atoms with Crippen LogP contribution >= 0.6 is 0 Å². The minimum Gasteiger partial charge on any atom is -0.491 e. The second-order valence-electron chi connectivity index (χ2n) is 7.72. The van der Waals surface area contributed by atoms with Crippen LogP contribution in [-0.4, -0.2) is 34.6 Å². The first-order chi connectivity index (χ1) is 15.5. The lowest BCUT2D eigenvalue weighted by Gasteiger charge is -2.16. The van der Waals surface area contributed by atoms with Gasteiger partial charge in [-0.15, -0.1) is 0 Å². The first-order valence-electron chi connectivity index (χ1n) is 10.6. The highest BCUT2D eigenvalue weighted by Gasteiger charge is 2.12. The van der Waals surface area contributed by atoms with Gasteiger partial charge in [0, 0.05) is 17.4 Å². The fourth-order valence-electron chi connectivity index (χ4n) is 3.21. The van der Waals surface area contributed by atoms with E-state index in [-0.39, 0.29) is 6.04 Å². The fourth-order valence-corrected chi connectivity index (χ4v) is 3.21. The summed E-state index contributed by atoms with van der Waals surface area (Å²) in [5.74, 6) is 2.92. The molecule has 1 atom stereocenters. The molecule has 32 heavy (non-hydrogen) atoms. The summed E-state index contributed by atoms with van der Waals surface area (Å²) in [6.45, 7) is 6.57. The lowest BCUT2D eigenvalue weighted by Crippen LogP contribution is -2.28. The van der Waals surface area contributed by atoms with Crippen LogP contribution in [0.25, 0.3) is 10.9 Å². The standard InChI is InChI=1S/C25H27N5O2/c1-16-12-19(9-11-22(16)32-20-10-8-17(2)27-13-20)30-25-24-21(28-15-29-25)6-5-7-23(24)31-14-18(3)26-4/h5-13,15,18,26H,14H2,1-4H3,(H,28,29,30)/t18-/m0/s1. The maximum Gasteiger partial charge on any atom is 0.145 e. The van der Waals surface area contributed by atoms with Gasteiger partial charge in [0.1, 0.15) is 36.0 Å². The molecule has 0 saturated carbocycles. The lowest BCUT2D eigenvalue weighted by molar-refractivity contribution is 0.283. The highest BCUT2D eigenvalue weighted by Crippen LogP contribution is 2.33. The molecule has 2 N–H and O–H groups in total. The van der Waals surface area contributed by atoms with Crippen molar-refractivity contribution in [3.8, 4) is 17.2 Å². The molecule has 4 rings (SSSR count). The van der Waals surface area contributed by atoms with Gasteiger partial charge in [-0.3, -0.25) is 4.98 Å². The van der Waals surface area contributed by atoms with Crippen molar-refractivity contribution in [3.63, 3.8) is 0 Å². The van der Waals surface area contributed by atoms with E-state index in [9.17, 15) is 0 Å². The van der Waals surface area contributed by atoms with Crippen LogP contribution in [0, 0.1) is 13.8 Å². The molecule has 0 aliphatic rings. The number of anilines is 2. The summed E-state index contributed by atoms with van der Waals surface area (Å²) < 4.78 is 12.0. The Morgan fingerprint density at radius 2 is 1.84 bits per heavy atom. The molecule has 2 heterocycles. The van der Waals surface area contributed by atoms with Crippen molar-refractivity contribution < 1.29 is 9.47 Å². The first kappa shape index (κ1) is 21.5. The summed E-state index contributed by atoms with van der Waals surface area (Å²) in [7, 11) is 1.91. The Labute approximate surface area is 187 Å². The Morgan fingerprint density at radius 3 is 2.59 bits per heavy atom. The largest absolute Gasteiger partial charge is 0.491 e. The van der Waals surface area contributed by atoms with Gasteiger partial charge in [-0.1, -0.05) is 6.07 Å². The minimum absolute atomic E-state index is 0.227. The summed E-state index contributed by atoms with van der Waals surface area (Å²) in [4.78, 5) is 13.2. The minimum atomic E-state index is 0.227. The summed E-state index contributed by atoms with van der Waals surface area (Å²) in [5, 5.41) is 7.44. The van der Waals surface area contributed by atoms with Crippen LogP contribution in [0.3, 0.4) is 0 Å². The van der Waals surface area contributed by atoms with Gasteiger partial charge < -0.3 is 20.1 Å². The predicted octanol–water partition coefficient (Wildman–Crippen LogP) is 5.16. The number of ether oxygens (including phenoxy) is 2. The van der Waals surface area contributed by atoms with E-state index >= 15 is 0 Å². The van der Waals surface area contributed by atoms with Crippen molar-refractivity contribution in [2.45, 2.75) is 26.8 Å². The van der Waals surface area contributed by atoms with Gasteiger partial charge in [-0.2, -0.15) is 0 Å². The molecule has 2 aromatic carbocycles. The number of pyridine rings is 1. The second-order valence-corrected chi connectivity index (χ2v) is 7.72. The van der Waals surface area contributed by atoms with Gasteiger partial charge in [0.15, 0.2) is 0 Å². The number of hydrogen-bond donors (Lipinski definition) is 2. The third-order valence-corrected chi connectivity index (χ3v) is 5.16. The van der Waals surface area contributed by atoms with Crippen LogP contribution in [0.15, 0.2) is 61.1 Å². The molecule has 4 aromatic rings. The molecule has 7 heteroatoms. The molecule has 0 unspecified atom stereocenters. The van der Waals surface area contributed by atoms with Crippen LogP contribution < -0.4 is 20.1 Å². The average Bonchev–Trinajstić information content (AvgIpc) is 2.80. The number of aryl methyl sites for hydroxylation is 2. The molecule has 7 nitrogen and oxygen atoms in total. The Hall–Kier alpha value is -3.71. The van der Waals surface area contributed by atoms with Crippen molar-refractivity contribution in [1.82, 2.24) is 20.3 Å². The van der Waals surface area contributed by atoms with Crippen molar-refractivity contribution >= 4 is 22.4 Å². The molecule has 0 aliphatic carbocycles. The van der Waals surface area contributed by atoms with Crippen molar-refractivity contribution in [2.24, 2.45) is 0 Å². The van der Waals surface area contributed by atoms with E-state index in [0.717, 1.165) is 39.3 Å². The predicted molar refractivity (Wildman–Crippen MR) is 127 cm³/mol. The Kier molecular flexibility index (Phi) is 6.47. The number of aromatic nitrogens is 3. The first-order valence-corrected chi connectivity index (χ1v) is 10.6. The molecular weight excluding hydrogens is 402 g/mol. The zero-order valence-electron chi connectivity index (χ0n) is 18.7. The molecule has 164 valence electrons. The van der Waals surface area contributed by atoms with Crippen LogP contribution in [0.2, 0.25) is 0 Å². The Balaban J connectivity index is 1.59. The number of rotatable bonds is 8. The molecule has 0 bridgehead atoms. The molecule has 0 amide bonds. The molecule has 0 radical (unpaired) electrons. The number of nitrogens with one attached hydrogen (secondary N) is 2. The smallest absolute Gasteiger partial charge is 0.145 e. The number of fused-ring (bicyclic) bond motifs is 1. The molecule has 0 fully saturated rings. The number of hydrogen-bond acceptors (Lipinski definition) is 7. The number of nitrogens with zero attached hydrogens (tertiary/aromatic N) is 3. The zero-order chi connectivity index (χ0) is 22.5. The Bertz CT molecular complexity index is 1210. The highest BCUT2D eigenvalue weighted by atomic mass is 16.5. The van der Waals surface area contributed by atoms with Crippen LogP contribution in [-0.2, 0) is 0 Å². The number of benzene rings is 2. The van der Waals surface area contributed by atoms with E-state index in [2.05, 4.69) is 32.5 Å². The third-order valence-electron chi connectivity index (χ3n) is 5.16. The van der Waals surface area contributed by atoms with Gasteiger partial charge >= 0.3 is 0 Å². The summed E-state index contributed by atoms with van der Waals surface area (Å²) in [6.07, 6.45) is 3.28. The van der Waals surface area contributed by atoms with E-state index in [0.29, 0.717) is 18.2 Å². The molecule has 2 aromatic heterocycles. The maximum atomic E-state index is 6.06. The third kappa shape index (κ3) is 4.95. The quantitative estimate of drug-likeness (QED) is 0.400. The van der Waals surface area contributed by atoms with Gasteiger partial charge in [0.2, 0.25) is 0 Å². The summed E-state index contributed by atoms with van der Waals surface area (Å²) in [6, 6.07) is 15.8. The van der Waals surface area contributed by atoms with Crippen LogP contribution in [0.4, 0.5) is 11.5 Å². The van der Waals surface area contributed by atoms with E-state index in [1.54, 1.807) is 12.5 Å². The van der Waals surface area contributed by atoms with Crippen LogP contribution in [0.1, 0.15) is 18.2 Å². The van der Waals surface area contributed by atoms with E-state index in [1.807, 2.05) is 69.4 Å². The van der Waals surface area contributed by atoms with E-state index in [1.165, 1.54) is 0 Å². The SMILES string of the molecule is CN[C@@H](C)COc1cccc2ncnc(Nc3ccc(Oc4ccc(C)nc4)c(C)c3)c12. The Morgan fingerprint density at radius 1 is 0.969 bits per heavy atom. The second kappa shape index (κ2) is 9.62. The van der Waals surface area contributed by atoms with E-state index < -0.39 is 0 Å². The van der Waals surface area contributed by atoms with Crippen LogP contribution in [0.5, 0.6) is 17.2 Å². The van der Waals surface area contributed by atoms with Crippen molar-refractivity contribution in [2.75, 3.05) is 19.0 Å². The summed E-state index contributed by atoms with van der Waals surface area (Å²) >= 11 is 0. The van der Waals surface area contributed by atoms with Gasteiger partial charge in [-0.05, 0) is 75.8 Å². The van der Waals surface area contributed by atoms with Gasteiger partial charge in [0.05, 0.1) is 17.1 Å². The monoisotopic (exact) mass is 429 g/mol. The van der Waals surface area contributed by atoms with Crippen molar-refractivity contribution in [3.05, 3.63) is 72.3 Å². The van der Waals surface area contributed by atoms with Crippen molar-refractivity contribution in [1.29, 1.82) is 0 Å². The molecule has 0 spiro atoms. The van der Waals surface area contributed by atoms with Gasteiger partial charge in [-0.25, -0.2) is 9.97 Å².